The first-order chi connectivity index (χ1) is 10.1. The summed E-state index contributed by atoms with van der Waals surface area (Å²) in [5.41, 5.74) is 1.14. The summed E-state index contributed by atoms with van der Waals surface area (Å²) in [4.78, 5) is 4.19. The minimum Gasteiger partial charge on any atom is -0.507 e. The fourth-order valence-corrected chi connectivity index (χ4v) is 2.12. The van der Waals surface area contributed by atoms with Crippen LogP contribution in [-0.2, 0) is 6.42 Å². The smallest absolute Gasteiger partial charge is 0.261 e. The number of rotatable bonds is 3. The van der Waals surface area contributed by atoms with E-state index in [1.165, 1.54) is 18.2 Å². The van der Waals surface area contributed by atoms with Crippen molar-refractivity contribution in [1.82, 2.24) is 10.1 Å². The number of hydrogen-bond donors (Lipinski definition) is 1. The van der Waals surface area contributed by atoms with Crippen LogP contribution in [-0.4, -0.2) is 15.2 Å². The van der Waals surface area contributed by atoms with Gasteiger partial charge in [0.1, 0.15) is 11.6 Å². The maximum Gasteiger partial charge on any atom is 0.261 e. The highest BCUT2D eigenvalue weighted by Gasteiger charge is 2.13. The van der Waals surface area contributed by atoms with E-state index in [4.69, 9.17) is 16.1 Å². The number of aromatic hydroxyl groups is 1. The van der Waals surface area contributed by atoms with Crippen LogP contribution in [0, 0.1) is 5.82 Å². The molecule has 0 aliphatic carbocycles. The number of halogens is 2. The molecular weight excluding hydrogens is 295 g/mol. The predicted molar refractivity (Wildman–Crippen MR) is 75.6 cm³/mol. The molecule has 1 aromatic heterocycles. The number of phenols is 1. The predicted octanol–water partition coefficient (Wildman–Crippen LogP) is 3.83. The molecule has 0 aliphatic rings. The zero-order valence-electron chi connectivity index (χ0n) is 10.8. The second-order valence-corrected chi connectivity index (χ2v) is 4.92. The third-order valence-electron chi connectivity index (χ3n) is 2.91. The Morgan fingerprint density at radius 3 is 2.81 bits per heavy atom. The highest BCUT2D eigenvalue weighted by atomic mass is 35.5. The van der Waals surface area contributed by atoms with Crippen LogP contribution in [0.3, 0.4) is 0 Å². The van der Waals surface area contributed by atoms with E-state index >= 15 is 0 Å². The van der Waals surface area contributed by atoms with Crippen molar-refractivity contribution in [3.63, 3.8) is 0 Å². The Hall–Kier alpha value is -2.40. The summed E-state index contributed by atoms with van der Waals surface area (Å²) in [7, 11) is 0. The standard InChI is InChI=1S/C15H10ClFN2O2/c16-10-4-5-12(13(20)8-10)15-18-14(19-21-15)7-9-2-1-3-11(17)6-9/h1-6,8,20H,7H2. The summed E-state index contributed by atoms with van der Waals surface area (Å²) in [6, 6.07) is 10.8. The fourth-order valence-electron chi connectivity index (χ4n) is 1.95. The van der Waals surface area contributed by atoms with E-state index < -0.39 is 0 Å². The molecule has 3 rings (SSSR count). The molecular formula is C15H10ClFN2O2. The molecule has 1 N–H and O–H groups in total. The van der Waals surface area contributed by atoms with Crippen LogP contribution in [0.1, 0.15) is 11.4 Å². The minimum atomic E-state index is -0.313. The lowest BCUT2D eigenvalue weighted by Gasteiger charge is -1.99. The van der Waals surface area contributed by atoms with Crippen LogP contribution in [0.5, 0.6) is 5.75 Å². The molecule has 3 aromatic rings. The maximum atomic E-state index is 13.1. The van der Waals surface area contributed by atoms with E-state index in [1.807, 2.05) is 0 Å². The van der Waals surface area contributed by atoms with Crippen LogP contribution >= 0.6 is 11.6 Å². The van der Waals surface area contributed by atoms with E-state index in [0.29, 0.717) is 22.8 Å². The number of hydrogen-bond acceptors (Lipinski definition) is 4. The molecule has 0 radical (unpaired) electrons. The van der Waals surface area contributed by atoms with Crippen LogP contribution in [0.4, 0.5) is 4.39 Å². The molecule has 0 bridgehead atoms. The van der Waals surface area contributed by atoms with Gasteiger partial charge < -0.3 is 9.63 Å². The summed E-state index contributed by atoms with van der Waals surface area (Å²) in [6.45, 7) is 0. The Morgan fingerprint density at radius 1 is 1.19 bits per heavy atom. The first-order valence-electron chi connectivity index (χ1n) is 6.18. The highest BCUT2D eigenvalue weighted by molar-refractivity contribution is 6.30. The summed E-state index contributed by atoms with van der Waals surface area (Å²) in [5.74, 6) is 0.246. The van der Waals surface area contributed by atoms with Gasteiger partial charge in [0.15, 0.2) is 5.82 Å². The molecule has 0 saturated heterocycles. The third-order valence-corrected chi connectivity index (χ3v) is 3.14. The zero-order chi connectivity index (χ0) is 14.8. The van der Waals surface area contributed by atoms with Gasteiger partial charge in [-0.1, -0.05) is 28.9 Å². The van der Waals surface area contributed by atoms with Gasteiger partial charge in [-0.05, 0) is 35.9 Å². The molecule has 0 unspecified atom stereocenters. The van der Waals surface area contributed by atoms with Gasteiger partial charge in [0.25, 0.3) is 5.89 Å². The first-order valence-corrected chi connectivity index (χ1v) is 6.55. The normalized spacial score (nSPS) is 10.8. The van der Waals surface area contributed by atoms with Crippen molar-refractivity contribution >= 4 is 11.6 Å². The molecule has 0 atom stereocenters. The largest absolute Gasteiger partial charge is 0.507 e. The van der Waals surface area contributed by atoms with Crippen molar-refractivity contribution in [2.24, 2.45) is 0 Å². The van der Waals surface area contributed by atoms with Crippen LogP contribution in [0.15, 0.2) is 47.0 Å². The molecule has 0 saturated carbocycles. The first kappa shape index (κ1) is 13.6. The summed E-state index contributed by atoms with van der Waals surface area (Å²) < 4.78 is 18.2. The third kappa shape index (κ3) is 3.03. The molecule has 0 aliphatic heterocycles. The van der Waals surface area contributed by atoms with Crippen molar-refractivity contribution in [3.05, 3.63) is 64.7 Å². The lowest BCUT2D eigenvalue weighted by molar-refractivity contribution is 0.418. The molecule has 0 fully saturated rings. The Balaban J connectivity index is 1.86. The Labute approximate surface area is 124 Å². The van der Waals surface area contributed by atoms with E-state index in [9.17, 15) is 9.50 Å². The van der Waals surface area contributed by atoms with Gasteiger partial charge in [-0.2, -0.15) is 4.98 Å². The SMILES string of the molecule is Oc1cc(Cl)ccc1-c1nc(Cc2cccc(F)c2)no1. The van der Waals surface area contributed by atoms with E-state index in [0.717, 1.165) is 5.56 Å². The fraction of sp³-hybridized carbons (Fsp3) is 0.0667. The van der Waals surface area contributed by atoms with Crippen molar-refractivity contribution in [2.75, 3.05) is 0 Å². The minimum absolute atomic E-state index is 0.0385. The van der Waals surface area contributed by atoms with Crippen molar-refractivity contribution in [3.8, 4) is 17.2 Å². The number of nitrogens with zero attached hydrogens (tertiary/aromatic N) is 2. The van der Waals surface area contributed by atoms with Gasteiger partial charge in [0.2, 0.25) is 0 Å². The van der Waals surface area contributed by atoms with Crippen LogP contribution in [0.25, 0.3) is 11.5 Å². The van der Waals surface area contributed by atoms with Gasteiger partial charge in [0.05, 0.1) is 5.56 Å². The van der Waals surface area contributed by atoms with E-state index in [-0.39, 0.29) is 17.5 Å². The van der Waals surface area contributed by atoms with Crippen molar-refractivity contribution < 1.29 is 14.0 Å². The molecule has 0 spiro atoms. The average molecular weight is 305 g/mol. The van der Waals surface area contributed by atoms with Crippen LogP contribution in [0.2, 0.25) is 5.02 Å². The van der Waals surface area contributed by atoms with Gasteiger partial charge in [-0.15, -0.1) is 0 Å². The molecule has 6 heteroatoms. The van der Waals surface area contributed by atoms with Gasteiger partial charge >= 0.3 is 0 Å². The summed E-state index contributed by atoms with van der Waals surface area (Å²) >= 11 is 5.77. The quantitative estimate of drug-likeness (QED) is 0.799. The topological polar surface area (TPSA) is 59.2 Å². The number of phenolic OH excluding ortho intramolecular Hbond substituents is 1. The Bertz CT molecular complexity index is 789. The van der Waals surface area contributed by atoms with Crippen LogP contribution < -0.4 is 0 Å². The van der Waals surface area contributed by atoms with Gasteiger partial charge in [-0.3, -0.25) is 0 Å². The van der Waals surface area contributed by atoms with Crippen molar-refractivity contribution in [2.45, 2.75) is 6.42 Å². The van der Waals surface area contributed by atoms with Crippen molar-refractivity contribution in [1.29, 1.82) is 0 Å². The van der Waals surface area contributed by atoms with E-state index in [2.05, 4.69) is 10.1 Å². The molecule has 106 valence electrons. The highest BCUT2D eigenvalue weighted by Crippen LogP contribution is 2.30. The zero-order valence-corrected chi connectivity index (χ0v) is 11.5. The lowest BCUT2D eigenvalue weighted by Crippen LogP contribution is -1.91. The monoisotopic (exact) mass is 304 g/mol. The van der Waals surface area contributed by atoms with E-state index in [1.54, 1.807) is 24.3 Å². The van der Waals surface area contributed by atoms with Gasteiger partial charge in [-0.25, -0.2) is 4.39 Å². The summed E-state index contributed by atoms with van der Waals surface area (Å²) in [5, 5.41) is 14.1. The summed E-state index contributed by atoms with van der Waals surface area (Å²) in [6.07, 6.45) is 0.343. The number of benzene rings is 2. The second-order valence-electron chi connectivity index (χ2n) is 4.48. The second kappa shape index (κ2) is 5.54. The molecule has 21 heavy (non-hydrogen) atoms. The van der Waals surface area contributed by atoms with Gasteiger partial charge in [0, 0.05) is 11.4 Å². The Morgan fingerprint density at radius 2 is 2.05 bits per heavy atom. The molecule has 2 aromatic carbocycles. The maximum absolute atomic E-state index is 13.1. The molecule has 4 nitrogen and oxygen atoms in total. The molecule has 0 amide bonds. The average Bonchev–Trinajstić information content (AvgIpc) is 2.87. The Kier molecular flexibility index (Phi) is 3.58. The number of aromatic nitrogens is 2. The molecule has 1 heterocycles. The lowest BCUT2D eigenvalue weighted by atomic mass is 10.1.